The Morgan fingerprint density at radius 1 is 0.294 bits per heavy atom. The van der Waals surface area contributed by atoms with Crippen LogP contribution in [-0.4, -0.2) is 13.3 Å². The van der Waals surface area contributed by atoms with Gasteiger partial charge < -0.3 is 0 Å². The monoisotopic (exact) mass is 714 g/mol. The maximum atomic E-state index is 6.27. The zero-order valence-corrected chi connectivity index (χ0v) is 29.9. The van der Waals surface area contributed by atoms with Gasteiger partial charge in [0.15, 0.2) is 0 Å². The average Bonchev–Trinajstić information content (AvgIpc) is 3.77. The van der Waals surface area contributed by atoms with E-state index < -0.39 is 13.3 Å². The summed E-state index contributed by atoms with van der Waals surface area (Å²) in [6.45, 7) is 0. The molecule has 0 aliphatic carbocycles. The van der Waals surface area contributed by atoms with Crippen molar-refractivity contribution >= 4 is 74.7 Å². The van der Waals surface area contributed by atoms with Gasteiger partial charge in [0.1, 0.15) is 0 Å². The number of hydrogen-bond donors (Lipinski definition) is 0. The standard InChI is InChI=1S/C48H32GeO2/c1-3-15-35(16-4-1)49(36-17-5-2-6-18-36,43-23-11-7-19-37(43)33-27-29-47-41(31-33)39-21-9-13-25-45(39)50-47)44-24-12-8-20-38(44)34-28-30-48-42(32-34)40-22-10-14-26-46(40)51-48/h1-32H. The molecule has 8 aromatic carbocycles. The van der Waals surface area contributed by atoms with Gasteiger partial charge >= 0.3 is 300 Å². The van der Waals surface area contributed by atoms with Crippen molar-refractivity contribution in [2.24, 2.45) is 0 Å². The van der Waals surface area contributed by atoms with Crippen molar-refractivity contribution in [3.8, 4) is 22.3 Å². The van der Waals surface area contributed by atoms with Gasteiger partial charge in [-0.3, -0.25) is 0 Å². The molecule has 0 saturated carbocycles. The van der Waals surface area contributed by atoms with Crippen molar-refractivity contribution < 1.29 is 8.83 Å². The van der Waals surface area contributed by atoms with Gasteiger partial charge in [-0.25, -0.2) is 0 Å². The van der Waals surface area contributed by atoms with E-state index in [4.69, 9.17) is 8.83 Å². The normalized spacial score (nSPS) is 11.9. The van der Waals surface area contributed by atoms with Crippen LogP contribution in [0.5, 0.6) is 0 Å². The van der Waals surface area contributed by atoms with Gasteiger partial charge in [0.05, 0.1) is 0 Å². The minimum absolute atomic E-state index is 0.906. The summed E-state index contributed by atoms with van der Waals surface area (Å²) in [6.07, 6.45) is 0. The second-order valence-electron chi connectivity index (χ2n) is 13.2. The first-order valence-electron chi connectivity index (χ1n) is 17.4. The van der Waals surface area contributed by atoms with Gasteiger partial charge in [0.2, 0.25) is 0 Å². The fourth-order valence-electron chi connectivity index (χ4n) is 8.22. The van der Waals surface area contributed by atoms with E-state index in [9.17, 15) is 0 Å². The maximum absolute atomic E-state index is 6.27. The molecule has 0 unspecified atom stereocenters. The summed E-state index contributed by atoms with van der Waals surface area (Å²) in [5, 5.41) is 4.55. The number of fused-ring (bicyclic) bond motifs is 6. The molecule has 0 aliphatic rings. The van der Waals surface area contributed by atoms with Crippen LogP contribution in [0.1, 0.15) is 0 Å². The molecule has 2 heterocycles. The van der Waals surface area contributed by atoms with E-state index in [0.29, 0.717) is 0 Å². The van der Waals surface area contributed by atoms with Crippen molar-refractivity contribution in [3.63, 3.8) is 0 Å². The van der Waals surface area contributed by atoms with E-state index in [1.54, 1.807) is 0 Å². The molecule has 10 aromatic rings. The first kappa shape index (κ1) is 29.8. The van der Waals surface area contributed by atoms with Crippen LogP contribution in [-0.2, 0) is 0 Å². The van der Waals surface area contributed by atoms with Crippen LogP contribution in [0.4, 0.5) is 0 Å². The molecule has 0 spiro atoms. The van der Waals surface area contributed by atoms with Gasteiger partial charge in [-0.05, 0) is 0 Å². The number of furan rings is 2. The molecule has 2 nitrogen and oxygen atoms in total. The zero-order valence-electron chi connectivity index (χ0n) is 27.8. The summed E-state index contributed by atoms with van der Waals surface area (Å²) < 4.78 is 18.1. The molecule has 0 bridgehead atoms. The van der Waals surface area contributed by atoms with E-state index >= 15 is 0 Å². The number of hydrogen-bond acceptors (Lipinski definition) is 2. The molecule has 0 N–H and O–H groups in total. The average molecular weight is 713 g/mol. The Labute approximate surface area is 298 Å². The zero-order chi connectivity index (χ0) is 33.8. The second kappa shape index (κ2) is 12.0. The Balaban J connectivity index is 1.30. The molecule has 240 valence electrons. The third kappa shape index (κ3) is 4.71. The van der Waals surface area contributed by atoms with Crippen LogP contribution in [0.3, 0.4) is 0 Å². The Morgan fingerprint density at radius 2 is 0.667 bits per heavy atom. The molecule has 0 radical (unpaired) electrons. The summed E-state index contributed by atoms with van der Waals surface area (Å²) in [4.78, 5) is 0. The van der Waals surface area contributed by atoms with E-state index in [-0.39, 0.29) is 0 Å². The quantitative estimate of drug-likeness (QED) is 0.161. The molecule has 0 amide bonds. The summed E-state index contributed by atoms with van der Waals surface area (Å²) in [6, 6.07) is 70.8. The van der Waals surface area contributed by atoms with E-state index in [1.165, 1.54) is 39.8 Å². The third-order valence-electron chi connectivity index (χ3n) is 10.5. The summed E-state index contributed by atoms with van der Waals surface area (Å²) in [7, 11) is 0. The first-order chi connectivity index (χ1) is 25.3. The van der Waals surface area contributed by atoms with Crippen LogP contribution < -0.4 is 17.6 Å². The van der Waals surface area contributed by atoms with Crippen LogP contribution in [0.25, 0.3) is 66.1 Å². The van der Waals surface area contributed by atoms with Crippen LogP contribution in [0, 0.1) is 0 Å². The number of para-hydroxylation sites is 2. The van der Waals surface area contributed by atoms with Crippen molar-refractivity contribution in [1.29, 1.82) is 0 Å². The molecule has 0 atom stereocenters. The molecule has 0 fully saturated rings. The Bertz CT molecular complexity index is 2670. The Kier molecular flexibility index (Phi) is 7.04. The second-order valence-corrected chi connectivity index (χ2v) is 21.0. The van der Waals surface area contributed by atoms with Crippen LogP contribution in [0.2, 0.25) is 0 Å². The predicted octanol–water partition coefficient (Wildman–Crippen LogP) is 10.2. The van der Waals surface area contributed by atoms with Crippen molar-refractivity contribution in [3.05, 3.63) is 194 Å². The van der Waals surface area contributed by atoms with E-state index in [1.807, 2.05) is 12.1 Å². The minimum atomic E-state index is -3.83. The van der Waals surface area contributed by atoms with E-state index in [0.717, 1.165) is 43.9 Å². The molecule has 0 aliphatic heterocycles. The third-order valence-corrected chi connectivity index (χ3v) is 20.7. The molecule has 0 saturated heterocycles. The van der Waals surface area contributed by atoms with Gasteiger partial charge in [0, 0.05) is 0 Å². The van der Waals surface area contributed by atoms with Gasteiger partial charge in [-0.15, -0.1) is 0 Å². The number of rotatable bonds is 6. The SMILES string of the molecule is c1cc[c]([Ge]([c]2ccccc2)([c]2ccccc2-c2ccc3oc4ccccc4c3c2)[c]2ccccc2-c2ccc3oc4ccccc4c3c2)cc1. The van der Waals surface area contributed by atoms with Crippen molar-refractivity contribution in [2.75, 3.05) is 0 Å². The molecule has 2 aromatic heterocycles. The topological polar surface area (TPSA) is 26.3 Å². The summed E-state index contributed by atoms with van der Waals surface area (Å²) >= 11 is -3.83. The fraction of sp³-hybridized carbons (Fsp3) is 0. The number of benzene rings is 8. The van der Waals surface area contributed by atoms with Crippen LogP contribution >= 0.6 is 0 Å². The summed E-state index contributed by atoms with van der Waals surface area (Å²) in [5.41, 5.74) is 8.52. The van der Waals surface area contributed by atoms with Crippen molar-refractivity contribution in [1.82, 2.24) is 0 Å². The van der Waals surface area contributed by atoms with Gasteiger partial charge in [-0.1, -0.05) is 0 Å². The summed E-state index contributed by atoms with van der Waals surface area (Å²) in [5.74, 6) is 0. The predicted molar refractivity (Wildman–Crippen MR) is 215 cm³/mol. The molecular weight excluding hydrogens is 681 g/mol. The van der Waals surface area contributed by atoms with E-state index in [2.05, 4.69) is 182 Å². The van der Waals surface area contributed by atoms with Gasteiger partial charge in [0.25, 0.3) is 0 Å². The Hall–Kier alpha value is -6.10. The fourth-order valence-corrected chi connectivity index (χ4v) is 19.1. The van der Waals surface area contributed by atoms with Crippen LogP contribution in [0.15, 0.2) is 203 Å². The molecule has 3 heteroatoms. The van der Waals surface area contributed by atoms with Gasteiger partial charge in [-0.2, -0.15) is 0 Å². The van der Waals surface area contributed by atoms with Crippen molar-refractivity contribution in [2.45, 2.75) is 0 Å². The molecule has 51 heavy (non-hydrogen) atoms. The molecule has 10 rings (SSSR count). The molecular formula is C48H32GeO2. The Morgan fingerprint density at radius 3 is 1.14 bits per heavy atom. The first-order valence-corrected chi connectivity index (χ1v) is 21.6.